The summed E-state index contributed by atoms with van der Waals surface area (Å²) < 4.78 is 7.18. The fourth-order valence-electron chi connectivity index (χ4n) is 3.90. The molecule has 1 aliphatic heterocycles. The van der Waals surface area contributed by atoms with Gasteiger partial charge in [-0.1, -0.05) is 24.3 Å². The van der Waals surface area contributed by atoms with Gasteiger partial charge in [0.25, 0.3) is 5.91 Å². The molecule has 2 atom stereocenters. The van der Waals surface area contributed by atoms with E-state index in [4.69, 9.17) is 4.74 Å². The lowest BCUT2D eigenvalue weighted by molar-refractivity contribution is 0.0949. The molecular weight excluding hydrogens is 302 g/mol. The zero-order chi connectivity index (χ0) is 16.5. The lowest BCUT2D eigenvalue weighted by Crippen LogP contribution is -2.28. The Balaban J connectivity index is 1.46. The van der Waals surface area contributed by atoms with Crippen LogP contribution in [0.4, 0.5) is 0 Å². The molecule has 24 heavy (non-hydrogen) atoms. The van der Waals surface area contributed by atoms with Crippen molar-refractivity contribution in [3.63, 3.8) is 0 Å². The largest absolute Gasteiger partial charge is 0.381 e. The van der Waals surface area contributed by atoms with E-state index in [1.165, 1.54) is 11.1 Å². The minimum absolute atomic E-state index is 0.0191. The molecule has 4 rings (SSSR count). The number of benzene rings is 1. The zero-order valence-corrected chi connectivity index (χ0v) is 14.0. The number of ether oxygens (including phenoxy) is 1. The van der Waals surface area contributed by atoms with Gasteiger partial charge in [0, 0.05) is 38.2 Å². The summed E-state index contributed by atoms with van der Waals surface area (Å²) in [4.78, 5) is 12.7. The average molecular weight is 325 g/mol. The van der Waals surface area contributed by atoms with E-state index in [0.717, 1.165) is 31.6 Å². The highest BCUT2D eigenvalue weighted by Crippen LogP contribution is 2.32. The summed E-state index contributed by atoms with van der Waals surface area (Å²) in [5.74, 6) is 0.633. The third-order valence-corrected chi connectivity index (χ3v) is 5.18. The molecule has 0 radical (unpaired) electrons. The maximum atomic E-state index is 12.7. The Bertz CT molecular complexity index is 747. The van der Waals surface area contributed by atoms with Gasteiger partial charge in [-0.2, -0.15) is 5.10 Å². The van der Waals surface area contributed by atoms with Gasteiger partial charge in [-0.15, -0.1) is 0 Å². The average Bonchev–Trinajstić information content (AvgIpc) is 3.32. The van der Waals surface area contributed by atoms with Crippen molar-refractivity contribution in [2.24, 2.45) is 7.05 Å². The van der Waals surface area contributed by atoms with Crippen LogP contribution < -0.4 is 5.32 Å². The van der Waals surface area contributed by atoms with Crippen LogP contribution >= 0.6 is 0 Å². The molecular formula is C19H23N3O2. The lowest BCUT2D eigenvalue weighted by atomic mass is 9.99. The highest BCUT2D eigenvalue weighted by atomic mass is 16.5. The molecule has 5 heteroatoms. The standard InChI is InChI=1S/C19H23N3O2/c1-22-11-17(18(21-22)15-8-9-24-12-15)19(23)20-10-14-7-6-13-4-2-3-5-16(13)14/h2-5,11,14-15H,6-10,12H2,1H3,(H,20,23)/t14-,15-/m1/s1. The molecule has 0 spiro atoms. The van der Waals surface area contributed by atoms with Gasteiger partial charge < -0.3 is 10.1 Å². The number of rotatable bonds is 4. The molecule has 126 valence electrons. The van der Waals surface area contributed by atoms with Gasteiger partial charge in [0.05, 0.1) is 17.9 Å². The van der Waals surface area contributed by atoms with Crippen molar-refractivity contribution < 1.29 is 9.53 Å². The number of aromatic nitrogens is 2. The molecule has 2 aromatic rings. The molecule has 2 aliphatic rings. The van der Waals surface area contributed by atoms with Gasteiger partial charge in [-0.25, -0.2) is 0 Å². The van der Waals surface area contributed by atoms with Crippen molar-refractivity contribution in [2.45, 2.75) is 31.1 Å². The van der Waals surface area contributed by atoms with Gasteiger partial charge in [-0.05, 0) is 30.4 Å². The Morgan fingerprint density at radius 2 is 2.25 bits per heavy atom. The molecule has 1 aromatic heterocycles. The Hall–Kier alpha value is -2.14. The van der Waals surface area contributed by atoms with Crippen LogP contribution in [0.1, 0.15) is 51.9 Å². The van der Waals surface area contributed by atoms with Crippen LogP contribution in [0.15, 0.2) is 30.5 Å². The summed E-state index contributed by atoms with van der Waals surface area (Å²) >= 11 is 0. The van der Waals surface area contributed by atoms with Gasteiger partial charge >= 0.3 is 0 Å². The number of hydrogen-bond acceptors (Lipinski definition) is 3. The first-order chi connectivity index (χ1) is 11.7. The summed E-state index contributed by atoms with van der Waals surface area (Å²) in [6.07, 6.45) is 4.98. The van der Waals surface area contributed by atoms with E-state index in [1.54, 1.807) is 4.68 Å². The van der Waals surface area contributed by atoms with Crippen molar-refractivity contribution in [2.75, 3.05) is 19.8 Å². The van der Waals surface area contributed by atoms with Crippen LogP contribution in [0.25, 0.3) is 0 Å². The molecule has 0 saturated carbocycles. The highest BCUT2D eigenvalue weighted by molar-refractivity contribution is 5.95. The number of fused-ring (bicyclic) bond motifs is 1. The topological polar surface area (TPSA) is 56.2 Å². The summed E-state index contributed by atoms with van der Waals surface area (Å²) in [6.45, 7) is 2.10. The first-order valence-electron chi connectivity index (χ1n) is 8.69. The number of nitrogens with one attached hydrogen (secondary N) is 1. The second-order valence-electron chi connectivity index (χ2n) is 6.81. The molecule has 1 saturated heterocycles. The molecule has 1 fully saturated rings. The third-order valence-electron chi connectivity index (χ3n) is 5.18. The number of nitrogens with zero attached hydrogens (tertiary/aromatic N) is 2. The lowest BCUT2D eigenvalue weighted by Gasteiger charge is -2.13. The molecule has 5 nitrogen and oxygen atoms in total. The summed E-state index contributed by atoms with van der Waals surface area (Å²) in [5.41, 5.74) is 4.37. The van der Waals surface area contributed by atoms with Crippen molar-refractivity contribution in [3.05, 3.63) is 52.8 Å². The first-order valence-corrected chi connectivity index (χ1v) is 8.69. The van der Waals surface area contributed by atoms with E-state index < -0.39 is 0 Å². The van der Waals surface area contributed by atoms with E-state index in [0.29, 0.717) is 24.6 Å². The molecule has 1 aromatic carbocycles. The smallest absolute Gasteiger partial charge is 0.254 e. The van der Waals surface area contributed by atoms with E-state index in [9.17, 15) is 4.79 Å². The van der Waals surface area contributed by atoms with E-state index >= 15 is 0 Å². The van der Waals surface area contributed by atoms with Crippen LogP contribution in [0.5, 0.6) is 0 Å². The minimum atomic E-state index is -0.0191. The summed E-state index contributed by atoms with van der Waals surface area (Å²) in [7, 11) is 1.86. The summed E-state index contributed by atoms with van der Waals surface area (Å²) in [6, 6.07) is 8.55. The maximum absolute atomic E-state index is 12.7. The number of hydrogen-bond donors (Lipinski definition) is 1. The second-order valence-corrected chi connectivity index (χ2v) is 6.81. The number of aryl methyl sites for hydroxylation is 2. The predicted octanol–water partition coefficient (Wildman–Crippen LogP) is 2.38. The van der Waals surface area contributed by atoms with Crippen LogP contribution in [0.3, 0.4) is 0 Å². The van der Waals surface area contributed by atoms with Gasteiger partial charge in [-0.3, -0.25) is 9.48 Å². The predicted molar refractivity (Wildman–Crippen MR) is 91.2 cm³/mol. The Kier molecular flexibility index (Phi) is 4.10. The molecule has 1 amide bonds. The normalized spacial score (nSPS) is 22.5. The Morgan fingerprint density at radius 1 is 1.38 bits per heavy atom. The monoisotopic (exact) mass is 325 g/mol. The Labute approximate surface area is 142 Å². The number of amides is 1. The Morgan fingerprint density at radius 3 is 3.08 bits per heavy atom. The SMILES string of the molecule is Cn1cc(C(=O)NC[C@H]2CCc3ccccc32)c([C@@H]2CCOC2)n1. The molecule has 1 aliphatic carbocycles. The quantitative estimate of drug-likeness (QED) is 0.939. The van der Waals surface area contributed by atoms with E-state index in [1.807, 2.05) is 13.2 Å². The van der Waals surface area contributed by atoms with E-state index in [2.05, 4.69) is 34.7 Å². The van der Waals surface area contributed by atoms with Gasteiger partial charge in [0.2, 0.25) is 0 Å². The van der Waals surface area contributed by atoms with Crippen molar-refractivity contribution in [1.29, 1.82) is 0 Å². The molecule has 2 heterocycles. The van der Waals surface area contributed by atoms with Crippen LogP contribution in [0.2, 0.25) is 0 Å². The summed E-state index contributed by atoms with van der Waals surface area (Å²) in [5, 5.41) is 7.63. The van der Waals surface area contributed by atoms with Crippen LogP contribution in [0, 0.1) is 0 Å². The molecule has 1 N–H and O–H groups in total. The molecule has 0 unspecified atom stereocenters. The van der Waals surface area contributed by atoms with Crippen molar-refractivity contribution in [3.8, 4) is 0 Å². The maximum Gasteiger partial charge on any atom is 0.254 e. The van der Waals surface area contributed by atoms with Crippen LogP contribution in [-0.4, -0.2) is 35.4 Å². The minimum Gasteiger partial charge on any atom is -0.381 e. The zero-order valence-electron chi connectivity index (χ0n) is 14.0. The molecule has 0 bridgehead atoms. The first kappa shape index (κ1) is 15.4. The fourth-order valence-corrected chi connectivity index (χ4v) is 3.90. The highest BCUT2D eigenvalue weighted by Gasteiger charge is 2.28. The van der Waals surface area contributed by atoms with Crippen LogP contribution in [-0.2, 0) is 18.2 Å². The number of carbonyl (C=O) groups excluding carboxylic acids is 1. The van der Waals surface area contributed by atoms with E-state index in [-0.39, 0.29) is 11.8 Å². The number of carbonyl (C=O) groups is 1. The third kappa shape index (κ3) is 2.84. The van der Waals surface area contributed by atoms with Gasteiger partial charge in [0.15, 0.2) is 0 Å². The van der Waals surface area contributed by atoms with Crippen molar-refractivity contribution in [1.82, 2.24) is 15.1 Å². The van der Waals surface area contributed by atoms with Gasteiger partial charge in [0.1, 0.15) is 0 Å². The second kappa shape index (κ2) is 6.40. The van der Waals surface area contributed by atoms with Crippen molar-refractivity contribution >= 4 is 5.91 Å². The fraction of sp³-hybridized carbons (Fsp3) is 0.474.